The number of carbonyl (C=O) groups excluding carboxylic acids is 1. The van der Waals surface area contributed by atoms with Gasteiger partial charge in [0.05, 0.1) is 6.61 Å². The fourth-order valence-electron chi connectivity index (χ4n) is 1.86. The van der Waals surface area contributed by atoms with Gasteiger partial charge in [0.25, 0.3) is 0 Å². The van der Waals surface area contributed by atoms with E-state index in [4.69, 9.17) is 9.47 Å². The molecule has 1 heterocycles. The molecule has 0 N–H and O–H groups in total. The molecule has 23 heavy (non-hydrogen) atoms. The summed E-state index contributed by atoms with van der Waals surface area (Å²) in [6.45, 7) is 5.10. The molecule has 1 amide bonds. The Bertz CT molecular complexity index is 635. The fraction of sp³-hybridized carbons (Fsp3) is 0.412. The van der Waals surface area contributed by atoms with Crippen molar-refractivity contribution < 1.29 is 14.3 Å². The van der Waals surface area contributed by atoms with Crippen molar-refractivity contribution in [2.24, 2.45) is 13.0 Å². The lowest BCUT2D eigenvalue weighted by Gasteiger charge is -2.14. The summed E-state index contributed by atoms with van der Waals surface area (Å²) in [6, 6.07) is 9.30. The molecule has 1 aromatic carbocycles. The number of anilines is 1. The van der Waals surface area contributed by atoms with Crippen molar-refractivity contribution >= 4 is 11.9 Å². The molecule has 0 unspecified atom stereocenters. The van der Waals surface area contributed by atoms with E-state index < -0.39 is 6.09 Å². The van der Waals surface area contributed by atoms with Crippen molar-refractivity contribution in [3.8, 4) is 5.75 Å². The summed E-state index contributed by atoms with van der Waals surface area (Å²) in [6.07, 6.45) is 1.33. The molecule has 124 valence electrons. The number of ether oxygens (including phenoxy) is 2. The number of carbonyl (C=O) groups is 1. The standard InChI is InChI=1S/C17H23N3O3/c1-13(2)11-22-15-7-5-14(6-8-15)12-23-17(21)20(4)16-9-10-19(3)18-16/h5-10,13H,11-12H2,1-4H3. The van der Waals surface area contributed by atoms with Crippen LogP contribution >= 0.6 is 0 Å². The maximum atomic E-state index is 12.0. The van der Waals surface area contributed by atoms with Crippen molar-refractivity contribution in [3.63, 3.8) is 0 Å². The van der Waals surface area contributed by atoms with Crippen molar-refractivity contribution in [1.29, 1.82) is 0 Å². The molecule has 0 saturated heterocycles. The van der Waals surface area contributed by atoms with Gasteiger partial charge in [0, 0.05) is 26.4 Å². The quantitative estimate of drug-likeness (QED) is 0.821. The summed E-state index contributed by atoms with van der Waals surface area (Å²) >= 11 is 0. The maximum absolute atomic E-state index is 12.0. The Hall–Kier alpha value is -2.50. The van der Waals surface area contributed by atoms with Crippen molar-refractivity contribution in [3.05, 3.63) is 42.1 Å². The molecule has 0 aliphatic carbocycles. The second kappa shape index (κ2) is 7.67. The fourth-order valence-corrected chi connectivity index (χ4v) is 1.86. The summed E-state index contributed by atoms with van der Waals surface area (Å²) in [5.74, 6) is 1.85. The lowest BCUT2D eigenvalue weighted by atomic mass is 10.2. The summed E-state index contributed by atoms with van der Waals surface area (Å²) in [7, 11) is 3.43. The Morgan fingerprint density at radius 2 is 1.96 bits per heavy atom. The van der Waals surface area contributed by atoms with Crippen LogP contribution < -0.4 is 9.64 Å². The molecule has 2 rings (SSSR count). The van der Waals surface area contributed by atoms with E-state index in [1.807, 2.05) is 24.3 Å². The van der Waals surface area contributed by atoms with Gasteiger partial charge >= 0.3 is 6.09 Å². The van der Waals surface area contributed by atoms with E-state index in [9.17, 15) is 4.79 Å². The summed E-state index contributed by atoms with van der Waals surface area (Å²) in [4.78, 5) is 13.4. The van der Waals surface area contributed by atoms with Gasteiger partial charge in [-0.25, -0.2) is 4.79 Å². The van der Waals surface area contributed by atoms with Gasteiger partial charge in [-0.3, -0.25) is 9.58 Å². The third-order valence-corrected chi connectivity index (χ3v) is 3.19. The highest BCUT2D eigenvalue weighted by atomic mass is 16.6. The van der Waals surface area contributed by atoms with E-state index in [1.165, 1.54) is 4.90 Å². The minimum absolute atomic E-state index is 0.209. The van der Waals surface area contributed by atoms with E-state index in [2.05, 4.69) is 18.9 Å². The topological polar surface area (TPSA) is 56.6 Å². The SMILES string of the molecule is CC(C)COc1ccc(COC(=O)N(C)c2ccn(C)n2)cc1. The van der Waals surface area contributed by atoms with Crippen LogP contribution in [0.15, 0.2) is 36.5 Å². The smallest absolute Gasteiger partial charge is 0.415 e. The number of aromatic nitrogens is 2. The molecule has 0 aliphatic rings. The molecular formula is C17H23N3O3. The van der Waals surface area contributed by atoms with Crippen molar-refractivity contribution in [2.45, 2.75) is 20.5 Å². The Kier molecular flexibility index (Phi) is 5.62. The lowest BCUT2D eigenvalue weighted by molar-refractivity contribution is 0.148. The van der Waals surface area contributed by atoms with Crippen LogP contribution in [0.1, 0.15) is 19.4 Å². The number of hydrogen-bond donors (Lipinski definition) is 0. The second-order valence-corrected chi connectivity index (χ2v) is 5.81. The van der Waals surface area contributed by atoms with Gasteiger partial charge in [0.15, 0.2) is 5.82 Å². The van der Waals surface area contributed by atoms with Crippen LogP contribution in [0.2, 0.25) is 0 Å². The van der Waals surface area contributed by atoms with Crippen LogP contribution in [0.3, 0.4) is 0 Å². The van der Waals surface area contributed by atoms with E-state index in [1.54, 1.807) is 31.0 Å². The van der Waals surface area contributed by atoms with Gasteiger partial charge in [-0.1, -0.05) is 26.0 Å². The molecule has 0 spiro atoms. The van der Waals surface area contributed by atoms with Crippen molar-refractivity contribution in [2.75, 3.05) is 18.6 Å². The molecule has 0 radical (unpaired) electrons. The van der Waals surface area contributed by atoms with Crippen molar-refractivity contribution in [1.82, 2.24) is 9.78 Å². The number of amides is 1. The van der Waals surface area contributed by atoms with Gasteiger partial charge in [-0.2, -0.15) is 5.10 Å². The summed E-state index contributed by atoms with van der Waals surface area (Å²) in [5, 5.41) is 4.16. The predicted octanol–water partition coefficient (Wildman–Crippen LogP) is 3.23. The third kappa shape index (κ3) is 5.02. The molecule has 6 nitrogen and oxygen atoms in total. The van der Waals surface area contributed by atoms with E-state index in [0.717, 1.165) is 11.3 Å². The minimum Gasteiger partial charge on any atom is -0.493 e. The molecule has 0 aliphatic heterocycles. The average molecular weight is 317 g/mol. The molecule has 6 heteroatoms. The van der Waals surface area contributed by atoms with Crippen LogP contribution in [0, 0.1) is 5.92 Å². The van der Waals surface area contributed by atoms with Gasteiger partial charge < -0.3 is 9.47 Å². The normalized spacial score (nSPS) is 10.7. The van der Waals surface area contributed by atoms with Crippen LogP contribution in [-0.4, -0.2) is 29.5 Å². The number of hydrogen-bond acceptors (Lipinski definition) is 4. The first-order chi connectivity index (χ1) is 11.0. The van der Waals surface area contributed by atoms with E-state index in [0.29, 0.717) is 18.3 Å². The minimum atomic E-state index is -0.441. The third-order valence-electron chi connectivity index (χ3n) is 3.19. The monoisotopic (exact) mass is 317 g/mol. The van der Waals surface area contributed by atoms with E-state index >= 15 is 0 Å². The largest absolute Gasteiger partial charge is 0.493 e. The zero-order valence-corrected chi connectivity index (χ0v) is 14.0. The number of aryl methyl sites for hydroxylation is 1. The van der Waals surface area contributed by atoms with Crippen LogP contribution in [0.5, 0.6) is 5.75 Å². The second-order valence-electron chi connectivity index (χ2n) is 5.81. The number of rotatable bonds is 6. The molecule has 0 saturated carbocycles. The zero-order chi connectivity index (χ0) is 16.8. The Labute approximate surface area is 136 Å². The molecule has 1 aromatic heterocycles. The van der Waals surface area contributed by atoms with Gasteiger partial charge in [0.2, 0.25) is 0 Å². The highest BCUT2D eigenvalue weighted by molar-refractivity contribution is 5.85. The molecular weight excluding hydrogens is 294 g/mol. The highest BCUT2D eigenvalue weighted by Gasteiger charge is 2.14. The highest BCUT2D eigenvalue weighted by Crippen LogP contribution is 2.15. The molecule has 0 atom stereocenters. The lowest BCUT2D eigenvalue weighted by Crippen LogP contribution is -2.27. The Balaban J connectivity index is 1.84. The van der Waals surface area contributed by atoms with Gasteiger partial charge in [0.1, 0.15) is 12.4 Å². The number of benzene rings is 1. The maximum Gasteiger partial charge on any atom is 0.415 e. The Morgan fingerprint density at radius 3 is 2.52 bits per heavy atom. The molecule has 0 fully saturated rings. The summed E-state index contributed by atoms with van der Waals surface area (Å²) in [5.41, 5.74) is 0.907. The molecule has 2 aromatic rings. The van der Waals surface area contributed by atoms with Gasteiger partial charge in [-0.15, -0.1) is 0 Å². The first kappa shape index (κ1) is 16.9. The summed E-state index contributed by atoms with van der Waals surface area (Å²) < 4.78 is 12.5. The first-order valence-electron chi connectivity index (χ1n) is 7.57. The van der Waals surface area contributed by atoms with Crippen LogP contribution in [0.25, 0.3) is 0 Å². The van der Waals surface area contributed by atoms with Gasteiger partial charge in [-0.05, 0) is 23.6 Å². The average Bonchev–Trinajstić information content (AvgIpc) is 2.97. The van der Waals surface area contributed by atoms with Crippen LogP contribution in [0.4, 0.5) is 10.6 Å². The van der Waals surface area contributed by atoms with E-state index in [-0.39, 0.29) is 6.61 Å². The predicted molar refractivity (Wildman–Crippen MR) is 88.6 cm³/mol. The van der Waals surface area contributed by atoms with Crippen LogP contribution in [-0.2, 0) is 18.4 Å². The Morgan fingerprint density at radius 1 is 1.26 bits per heavy atom. The number of nitrogens with zero attached hydrogens (tertiary/aromatic N) is 3. The zero-order valence-electron chi connectivity index (χ0n) is 14.0. The first-order valence-corrected chi connectivity index (χ1v) is 7.57. The molecule has 0 bridgehead atoms.